The molecule has 55 heavy (non-hydrogen) atoms. The second-order valence-corrected chi connectivity index (χ2v) is 15.7. The summed E-state index contributed by atoms with van der Waals surface area (Å²) in [7, 11) is 0. The van der Waals surface area contributed by atoms with E-state index in [0.29, 0.717) is 0 Å². The van der Waals surface area contributed by atoms with E-state index in [0.717, 1.165) is 11.4 Å². The van der Waals surface area contributed by atoms with Gasteiger partial charge in [-0.3, -0.25) is 0 Å². The predicted molar refractivity (Wildman–Crippen MR) is 233 cm³/mol. The molecule has 0 atom stereocenters. The monoisotopic (exact) mass is 700 g/mol. The molecule has 0 spiro atoms. The Bertz CT molecular complexity index is 3170. The van der Waals surface area contributed by atoms with Gasteiger partial charge in [0.1, 0.15) is 0 Å². The summed E-state index contributed by atoms with van der Waals surface area (Å²) < 4.78 is 4.93. The number of aromatic nitrogens is 2. The third-order valence-corrected chi connectivity index (χ3v) is 12.5. The van der Waals surface area contributed by atoms with E-state index in [4.69, 9.17) is 0 Å². The molecule has 0 amide bonds. The van der Waals surface area contributed by atoms with E-state index in [-0.39, 0.29) is 5.41 Å². The summed E-state index contributed by atoms with van der Waals surface area (Å²) in [4.78, 5) is 0. The van der Waals surface area contributed by atoms with Gasteiger partial charge in [-0.25, -0.2) is 0 Å². The first-order valence-corrected chi connectivity index (χ1v) is 19.3. The summed E-state index contributed by atoms with van der Waals surface area (Å²) in [6, 6.07) is 67.7. The molecule has 0 unspecified atom stereocenters. The van der Waals surface area contributed by atoms with Gasteiger partial charge < -0.3 is 9.13 Å². The molecule has 0 aliphatic heterocycles. The lowest BCUT2D eigenvalue weighted by Crippen LogP contribution is -2.15. The number of hydrogen-bond donors (Lipinski definition) is 0. The van der Waals surface area contributed by atoms with Gasteiger partial charge in [-0.1, -0.05) is 147 Å². The third-order valence-electron chi connectivity index (χ3n) is 12.5. The van der Waals surface area contributed by atoms with Crippen LogP contribution in [0.2, 0.25) is 0 Å². The molecular weight excluding hydrogens is 665 g/mol. The molecule has 258 valence electrons. The fourth-order valence-electron chi connectivity index (χ4n) is 9.99. The van der Waals surface area contributed by atoms with Gasteiger partial charge in [0.25, 0.3) is 0 Å². The van der Waals surface area contributed by atoms with Crippen molar-refractivity contribution in [1.82, 2.24) is 9.13 Å². The van der Waals surface area contributed by atoms with Gasteiger partial charge >= 0.3 is 0 Å². The minimum atomic E-state index is -0.173. The van der Waals surface area contributed by atoms with Gasteiger partial charge in [-0.05, 0) is 103 Å². The van der Waals surface area contributed by atoms with E-state index >= 15 is 0 Å². The summed E-state index contributed by atoms with van der Waals surface area (Å²) in [6.45, 7) is 4.81. The van der Waals surface area contributed by atoms with Gasteiger partial charge in [0.15, 0.2) is 0 Å². The van der Waals surface area contributed by atoms with Crippen molar-refractivity contribution in [3.63, 3.8) is 0 Å². The molecule has 2 heteroatoms. The topological polar surface area (TPSA) is 9.86 Å². The highest BCUT2D eigenvalue weighted by Gasteiger charge is 2.38. The molecule has 0 saturated carbocycles. The minimum Gasteiger partial charge on any atom is -0.309 e. The molecule has 0 saturated heterocycles. The van der Waals surface area contributed by atoms with E-state index in [2.05, 4.69) is 205 Å². The standard InChI is InChI=1S/C53H36N2/c1-53(2)45-28-27-33-15-3-4-16-37(33)51(45)52-43-22-6-5-17-38(43)44(32-46(52)53)34-29-35(54-47-23-11-7-18-39(47)40-19-8-12-24-48(40)54)31-36(30-34)55-49-25-13-9-20-41(49)42-21-10-14-26-50(42)55/h3-32H,1-2H3. The normalized spacial score (nSPS) is 13.4. The zero-order valence-electron chi connectivity index (χ0n) is 30.7. The van der Waals surface area contributed by atoms with Crippen molar-refractivity contribution in [1.29, 1.82) is 0 Å². The molecular formula is C53H36N2. The Morgan fingerprint density at radius 2 is 0.764 bits per heavy atom. The Balaban J connectivity index is 1.22. The van der Waals surface area contributed by atoms with Crippen molar-refractivity contribution in [2.45, 2.75) is 19.3 Å². The highest BCUT2D eigenvalue weighted by atomic mass is 15.0. The van der Waals surface area contributed by atoms with Crippen LogP contribution in [0.1, 0.15) is 25.0 Å². The lowest BCUT2D eigenvalue weighted by molar-refractivity contribution is 0.661. The van der Waals surface area contributed by atoms with Crippen LogP contribution in [0.5, 0.6) is 0 Å². The van der Waals surface area contributed by atoms with Gasteiger partial charge in [0.05, 0.1) is 22.1 Å². The number of rotatable bonds is 3. The smallest absolute Gasteiger partial charge is 0.0541 e. The first-order chi connectivity index (χ1) is 27.1. The minimum absolute atomic E-state index is 0.173. The maximum absolute atomic E-state index is 2.52. The van der Waals surface area contributed by atoms with Crippen molar-refractivity contribution >= 4 is 65.2 Å². The molecule has 1 aliphatic carbocycles. The summed E-state index contributed by atoms with van der Waals surface area (Å²) >= 11 is 0. The van der Waals surface area contributed by atoms with Crippen molar-refractivity contribution in [3.8, 4) is 33.6 Å². The number of benzene rings is 9. The van der Waals surface area contributed by atoms with E-state index in [1.807, 2.05) is 0 Å². The van der Waals surface area contributed by atoms with Crippen molar-refractivity contribution in [2.75, 3.05) is 0 Å². The Kier molecular flexibility index (Phi) is 6.15. The van der Waals surface area contributed by atoms with E-state index in [1.54, 1.807) is 0 Å². The lowest BCUT2D eigenvalue weighted by Gasteiger charge is -2.23. The van der Waals surface area contributed by atoms with E-state index in [1.165, 1.54) is 98.5 Å². The van der Waals surface area contributed by atoms with Gasteiger partial charge in [-0.2, -0.15) is 0 Å². The van der Waals surface area contributed by atoms with E-state index in [9.17, 15) is 0 Å². The maximum atomic E-state index is 2.52. The summed E-state index contributed by atoms with van der Waals surface area (Å²) in [5.74, 6) is 0. The second-order valence-electron chi connectivity index (χ2n) is 15.7. The molecule has 0 bridgehead atoms. The van der Waals surface area contributed by atoms with Gasteiger partial charge in [0, 0.05) is 38.3 Å². The highest BCUT2D eigenvalue weighted by molar-refractivity contribution is 6.15. The zero-order valence-corrected chi connectivity index (χ0v) is 30.7. The Morgan fingerprint density at radius 1 is 0.345 bits per heavy atom. The number of para-hydroxylation sites is 4. The maximum Gasteiger partial charge on any atom is 0.0541 e. The van der Waals surface area contributed by atoms with Crippen LogP contribution in [-0.2, 0) is 5.41 Å². The highest BCUT2D eigenvalue weighted by Crippen LogP contribution is 2.55. The first-order valence-electron chi connectivity index (χ1n) is 19.3. The SMILES string of the molecule is CC1(C)c2ccc3ccccc3c2-c2c1cc(-c1cc(-n3c4ccccc4c4ccccc43)cc(-n3c4ccccc4c4ccccc43)c1)c1ccccc21. The van der Waals surface area contributed by atoms with Gasteiger partial charge in [-0.15, -0.1) is 0 Å². The molecule has 0 radical (unpaired) electrons. The average molecular weight is 701 g/mol. The lowest BCUT2D eigenvalue weighted by atomic mass is 9.80. The summed E-state index contributed by atoms with van der Waals surface area (Å²) in [5, 5.41) is 10.2. The molecule has 2 aromatic heterocycles. The molecule has 11 aromatic rings. The van der Waals surface area contributed by atoms with E-state index < -0.39 is 0 Å². The molecule has 12 rings (SSSR count). The fourth-order valence-corrected chi connectivity index (χ4v) is 9.99. The van der Waals surface area contributed by atoms with Crippen molar-refractivity contribution < 1.29 is 0 Å². The van der Waals surface area contributed by atoms with Crippen LogP contribution in [0.3, 0.4) is 0 Å². The summed E-state index contributed by atoms with van der Waals surface area (Å²) in [6.07, 6.45) is 0. The average Bonchev–Trinajstić information content (AvgIpc) is 3.84. The number of nitrogens with zero attached hydrogens (tertiary/aromatic N) is 2. The van der Waals surface area contributed by atoms with Crippen molar-refractivity contribution in [3.05, 3.63) is 193 Å². The number of hydrogen-bond acceptors (Lipinski definition) is 0. The van der Waals surface area contributed by atoms with Crippen LogP contribution in [0, 0.1) is 0 Å². The molecule has 2 heterocycles. The molecule has 0 fully saturated rings. The quantitative estimate of drug-likeness (QED) is 0.174. The Hall–Kier alpha value is -6.90. The molecule has 1 aliphatic rings. The Labute approximate surface area is 319 Å². The van der Waals surface area contributed by atoms with Gasteiger partial charge in [0.2, 0.25) is 0 Å². The van der Waals surface area contributed by atoms with Crippen LogP contribution >= 0.6 is 0 Å². The molecule has 9 aromatic carbocycles. The van der Waals surface area contributed by atoms with Crippen LogP contribution in [0.4, 0.5) is 0 Å². The van der Waals surface area contributed by atoms with Crippen LogP contribution in [0.25, 0.3) is 98.8 Å². The predicted octanol–water partition coefficient (Wildman–Crippen LogP) is 14.2. The third kappa shape index (κ3) is 4.14. The zero-order chi connectivity index (χ0) is 36.4. The molecule has 2 nitrogen and oxygen atoms in total. The number of fused-ring (bicyclic) bond motifs is 13. The largest absolute Gasteiger partial charge is 0.309 e. The summed E-state index contributed by atoms with van der Waals surface area (Å²) in [5.41, 5.74) is 14.9. The first kappa shape index (κ1) is 30.6. The van der Waals surface area contributed by atoms with Crippen molar-refractivity contribution in [2.24, 2.45) is 0 Å². The second kappa shape index (κ2) is 11.1. The van der Waals surface area contributed by atoms with Crippen LogP contribution in [0.15, 0.2) is 182 Å². The van der Waals surface area contributed by atoms with Crippen LogP contribution < -0.4 is 0 Å². The Morgan fingerprint density at radius 3 is 1.29 bits per heavy atom. The van der Waals surface area contributed by atoms with Crippen LogP contribution in [-0.4, -0.2) is 9.13 Å². The molecule has 0 N–H and O–H groups in total. The fraction of sp³-hybridized carbons (Fsp3) is 0.0566.